The van der Waals surface area contributed by atoms with Crippen LogP contribution in [0, 0.1) is 5.41 Å². The van der Waals surface area contributed by atoms with Gasteiger partial charge < -0.3 is 9.64 Å². The zero-order valence-electron chi connectivity index (χ0n) is 25.1. The number of carbonyl (C=O) groups is 1. The van der Waals surface area contributed by atoms with Gasteiger partial charge >= 0.3 is 6.09 Å². The fourth-order valence-electron chi connectivity index (χ4n) is 6.94. The van der Waals surface area contributed by atoms with Gasteiger partial charge in [0.05, 0.1) is 30.0 Å². The first-order chi connectivity index (χ1) is 20.7. The van der Waals surface area contributed by atoms with Crippen LogP contribution in [0.2, 0.25) is 0 Å². The molecule has 5 aromatic rings. The van der Waals surface area contributed by atoms with Gasteiger partial charge in [-0.1, -0.05) is 23.8 Å². The third-order valence-corrected chi connectivity index (χ3v) is 9.35. The number of ether oxygens (including phenoxy) is 1. The van der Waals surface area contributed by atoms with Crippen LogP contribution in [-0.2, 0) is 17.8 Å². The van der Waals surface area contributed by atoms with Crippen molar-refractivity contribution in [3.8, 4) is 11.3 Å². The van der Waals surface area contributed by atoms with Crippen molar-refractivity contribution in [3.63, 3.8) is 0 Å². The second-order valence-electron chi connectivity index (χ2n) is 13.8. The quantitative estimate of drug-likeness (QED) is 0.254. The number of rotatable bonds is 6. The summed E-state index contributed by atoms with van der Waals surface area (Å²) in [5, 5.41) is 18.4. The molecule has 0 amide bonds. The molecule has 2 aliphatic heterocycles. The van der Waals surface area contributed by atoms with Crippen LogP contribution in [0.4, 0.5) is 10.5 Å². The van der Waals surface area contributed by atoms with Crippen LogP contribution < -0.4 is 4.90 Å². The number of carbonyl (C=O) groups excluding carboxylic acids is 1. The van der Waals surface area contributed by atoms with Crippen LogP contribution in [0.25, 0.3) is 33.1 Å². The molecular weight excluding hydrogens is 540 g/mol. The summed E-state index contributed by atoms with van der Waals surface area (Å²) in [5.41, 5.74) is 6.80. The van der Waals surface area contributed by atoms with Gasteiger partial charge in [-0.3, -0.25) is 10.00 Å². The Morgan fingerprint density at radius 3 is 2.65 bits per heavy atom. The molecule has 222 valence electrons. The molecule has 2 aromatic carbocycles. The molecule has 43 heavy (non-hydrogen) atoms. The Hall–Kier alpha value is -4.18. The molecule has 1 spiro atoms. The summed E-state index contributed by atoms with van der Waals surface area (Å²) in [6, 6.07) is 12.8. The van der Waals surface area contributed by atoms with Gasteiger partial charge in [-0.05, 0) is 81.8 Å². The van der Waals surface area contributed by atoms with E-state index in [2.05, 4.69) is 66.7 Å². The lowest BCUT2D eigenvalue weighted by atomic mass is 9.68. The zero-order valence-corrected chi connectivity index (χ0v) is 25.1. The Morgan fingerprint density at radius 2 is 1.91 bits per heavy atom. The third-order valence-electron chi connectivity index (χ3n) is 9.35. The van der Waals surface area contributed by atoms with E-state index < -0.39 is 5.60 Å². The van der Waals surface area contributed by atoms with Crippen molar-refractivity contribution in [2.24, 2.45) is 5.41 Å². The Kier molecular flexibility index (Phi) is 5.95. The Morgan fingerprint density at radius 1 is 1.05 bits per heavy atom. The first-order valence-corrected chi connectivity index (χ1v) is 15.4. The molecule has 0 radical (unpaired) electrons. The fraction of sp³-hybridized carbons (Fsp3) is 0.455. The first kappa shape index (κ1) is 26.4. The highest BCUT2D eigenvalue weighted by molar-refractivity contribution is 5.96. The largest absolute Gasteiger partial charge is 0.443 e. The van der Waals surface area contributed by atoms with E-state index in [4.69, 9.17) is 4.74 Å². The first-order valence-electron chi connectivity index (χ1n) is 15.4. The number of fused-ring (bicyclic) bond motifs is 2. The summed E-state index contributed by atoms with van der Waals surface area (Å²) in [6.07, 6.45) is 8.79. The minimum absolute atomic E-state index is 0.328. The van der Waals surface area contributed by atoms with E-state index in [-0.39, 0.29) is 6.09 Å². The van der Waals surface area contributed by atoms with E-state index in [1.54, 1.807) is 4.57 Å². The number of nitrogens with zero attached hydrogens (tertiary/aromatic N) is 7. The number of nitrogens with one attached hydrogen (secondary N) is 1. The predicted molar refractivity (Wildman–Crippen MR) is 166 cm³/mol. The Balaban J connectivity index is 1.10. The number of benzene rings is 2. The van der Waals surface area contributed by atoms with Crippen LogP contribution in [-0.4, -0.2) is 72.5 Å². The molecule has 5 heterocycles. The van der Waals surface area contributed by atoms with Crippen molar-refractivity contribution >= 4 is 33.6 Å². The molecule has 1 saturated carbocycles. The Bertz CT molecular complexity index is 1850. The highest BCUT2D eigenvalue weighted by Gasteiger charge is 2.42. The monoisotopic (exact) mass is 578 g/mol. The van der Waals surface area contributed by atoms with Gasteiger partial charge in [0.25, 0.3) is 0 Å². The van der Waals surface area contributed by atoms with Gasteiger partial charge in [-0.2, -0.15) is 5.10 Å². The van der Waals surface area contributed by atoms with Crippen molar-refractivity contribution in [2.45, 2.75) is 65.1 Å². The minimum Gasteiger partial charge on any atom is -0.443 e. The van der Waals surface area contributed by atoms with Gasteiger partial charge in [0.15, 0.2) is 0 Å². The smallest absolute Gasteiger partial charge is 0.419 e. The summed E-state index contributed by atoms with van der Waals surface area (Å²) in [5.74, 6) is 0. The molecule has 0 atom stereocenters. The molecular formula is C33H38N8O2. The molecule has 3 aromatic heterocycles. The lowest BCUT2D eigenvalue weighted by Gasteiger charge is -2.38. The van der Waals surface area contributed by atoms with Crippen LogP contribution in [0.1, 0.15) is 57.7 Å². The number of H-pyrrole nitrogens is 1. The van der Waals surface area contributed by atoms with E-state index in [0.29, 0.717) is 12.0 Å². The van der Waals surface area contributed by atoms with E-state index in [1.807, 2.05) is 37.8 Å². The van der Waals surface area contributed by atoms with Crippen molar-refractivity contribution in [1.29, 1.82) is 0 Å². The summed E-state index contributed by atoms with van der Waals surface area (Å²) in [4.78, 5) is 18.4. The van der Waals surface area contributed by atoms with Crippen molar-refractivity contribution in [1.82, 2.24) is 34.7 Å². The van der Waals surface area contributed by atoms with Gasteiger partial charge in [0.2, 0.25) is 0 Å². The number of hydrogen-bond donors (Lipinski definition) is 1. The lowest BCUT2D eigenvalue weighted by Crippen LogP contribution is -2.33. The summed E-state index contributed by atoms with van der Waals surface area (Å²) in [6.45, 7) is 11.4. The number of hydrogen-bond acceptors (Lipinski definition) is 7. The maximum Gasteiger partial charge on any atom is 0.419 e. The molecule has 10 heteroatoms. The van der Waals surface area contributed by atoms with Gasteiger partial charge in [0.1, 0.15) is 11.3 Å². The van der Waals surface area contributed by atoms with E-state index in [9.17, 15) is 4.79 Å². The highest BCUT2D eigenvalue weighted by Crippen LogP contribution is 2.48. The number of aromatic nitrogens is 6. The van der Waals surface area contributed by atoms with E-state index in [1.165, 1.54) is 31.4 Å². The van der Waals surface area contributed by atoms with Crippen LogP contribution >= 0.6 is 0 Å². The molecule has 3 fully saturated rings. The van der Waals surface area contributed by atoms with Crippen LogP contribution in [0.3, 0.4) is 0 Å². The van der Waals surface area contributed by atoms with Crippen molar-refractivity contribution in [2.75, 3.05) is 31.1 Å². The normalized spacial score (nSPS) is 18.2. The van der Waals surface area contributed by atoms with Crippen LogP contribution in [0.15, 0.2) is 48.8 Å². The molecule has 3 aliphatic rings. The molecule has 0 unspecified atom stereocenters. The Labute approximate surface area is 250 Å². The van der Waals surface area contributed by atoms with E-state index >= 15 is 0 Å². The van der Waals surface area contributed by atoms with Gasteiger partial charge in [0, 0.05) is 53.9 Å². The third kappa shape index (κ3) is 4.97. The maximum atomic E-state index is 13.6. The molecule has 2 saturated heterocycles. The number of anilines is 1. The minimum atomic E-state index is -0.586. The second-order valence-corrected chi connectivity index (χ2v) is 13.8. The predicted octanol–water partition coefficient (Wildman–Crippen LogP) is 5.80. The molecule has 10 nitrogen and oxygen atoms in total. The van der Waals surface area contributed by atoms with Crippen LogP contribution in [0.5, 0.6) is 0 Å². The molecule has 1 aliphatic carbocycles. The maximum absolute atomic E-state index is 13.6. The standard InChI is InChI=1S/C33H38N8O2/c1-32(2,3)43-31(42)41-25(19-38-10-9-33(21-38)7-4-8-33)14-23-6-5-22(13-30(23)41)18-40-20-29(36-37-40)26-15-24(39-11-12-39)16-28-27(26)17-34-35-28/h5-6,13-17,20H,4,7-12,18-19,21H2,1-3H3,(H,34,35). The average molecular weight is 579 g/mol. The van der Waals surface area contributed by atoms with E-state index in [0.717, 1.165) is 77.0 Å². The number of likely N-dealkylation sites (tertiary alicyclic amines) is 1. The van der Waals surface area contributed by atoms with Gasteiger partial charge in [-0.15, -0.1) is 5.10 Å². The topological polar surface area (TPSA) is 96.9 Å². The number of aromatic amines is 1. The van der Waals surface area contributed by atoms with Gasteiger partial charge in [-0.25, -0.2) is 14.0 Å². The summed E-state index contributed by atoms with van der Waals surface area (Å²) < 4.78 is 9.55. The lowest BCUT2D eigenvalue weighted by molar-refractivity contribution is 0.0536. The SMILES string of the molecule is CC(C)(C)OC(=O)n1c(CN2CCC3(CCC3)C2)cc2ccc(Cn3cc(-c4cc(N5CC5)cc5[nH]ncc45)nn3)cc21. The zero-order chi connectivity index (χ0) is 29.3. The summed E-state index contributed by atoms with van der Waals surface area (Å²) >= 11 is 0. The summed E-state index contributed by atoms with van der Waals surface area (Å²) in [7, 11) is 0. The van der Waals surface area contributed by atoms with Crippen molar-refractivity contribution in [3.05, 3.63) is 60.0 Å². The average Bonchev–Trinajstić information content (AvgIpc) is 3.29. The molecule has 1 N–H and O–H groups in total. The van der Waals surface area contributed by atoms with Crippen molar-refractivity contribution < 1.29 is 9.53 Å². The fourth-order valence-corrected chi connectivity index (χ4v) is 6.94. The molecule has 0 bridgehead atoms. The second kappa shape index (κ2) is 9.67. The molecule has 8 rings (SSSR count). The highest BCUT2D eigenvalue weighted by atomic mass is 16.6.